The number of piperazine rings is 1. The van der Waals surface area contributed by atoms with Gasteiger partial charge in [-0.3, -0.25) is 19.2 Å². The van der Waals surface area contributed by atoms with Crippen molar-refractivity contribution in [2.45, 2.75) is 64.5 Å². The van der Waals surface area contributed by atoms with Crippen molar-refractivity contribution in [1.29, 1.82) is 0 Å². The highest BCUT2D eigenvalue weighted by molar-refractivity contribution is 6.36. The maximum absolute atomic E-state index is 13.6. The number of nitrogens with one attached hydrogen (secondary N) is 1. The molecule has 2 aliphatic rings. The Kier molecular flexibility index (Phi) is 8.82. The van der Waals surface area contributed by atoms with Gasteiger partial charge in [-0.05, 0) is 45.8 Å². The smallest absolute Gasteiger partial charge is 0.253 e. The molecule has 0 aromatic carbocycles. The third kappa shape index (κ3) is 5.97. The van der Waals surface area contributed by atoms with E-state index in [-0.39, 0.29) is 11.4 Å². The molecule has 1 saturated carbocycles. The second-order valence-corrected chi connectivity index (χ2v) is 10.8. The van der Waals surface area contributed by atoms with Gasteiger partial charge in [-0.15, -0.1) is 0 Å². The number of aliphatic imine (C=N–C) groups is 1. The zero-order valence-electron chi connectivity index (χ0n) is 22.1. The van der Waals surface area contributed by atoms with Crippen LogP contribution in [0.1, 0.15) is 63.2 Å². The third-order valence-electron chi connectivity index (χ3n) is 7.88. The van der Waals surface area contributed by atoms with Gasteiger partial charge in [0.05, 0.1) is 22.2 Å². The molecule has 200 valence electrons. The average Bonchev–Trinajstić information content (AvgIpc) is 3.32. The molecule has 37 heavy (non-hydrogen) atoms. The number of amides is 1. The van der Waals surface area contributed by atoms with E-state index in [4.69, 9.17) is 11.6 Å². The van der Waals surface area contributed by atoms with E-state index in [1.807, 2.05) is 0 Å². The van der Waals surface area contributed by atoms with Crippen molar-refractivity contribution in [2.24, 2.45) is 4.99 Å². The summed E-state index contributed by atoms with van der Waals surface area (Å²) in [7, 11) is 0. The summed E-state index contributed by atoms with van der Waals surface area (Å²) in [6, 6.07) is 2.22. The molecule has 1 aliphatic heterocycles. The molecule has 1 N–H and O–H groups in total. The molecule has 1 amide bonds. The van der Waals surface area contributed by atoms with Crippen molar-refractivity contribution >= 4 is 34.4 Å². The van der Waals surface area contributed by atoms with Crippen LogP contribution in [0.4, 0.5) is 4.39 Å². The minimum atomic E-state index is -0.549. The average molecular weight is 529 g/mol. The number of carbonyl (C=O) groups is 1. The number of aromatic nitrogens is 2. The van der Waals surface area contributed by atoms with E-state index in [9.17, 15) is 9.18 Å². The van der Waals surface area contributed by atoms with Gasteiger partial charge >= 0.3 is 0 Å². The molecule has 0 unspecified atom stereocenters. The normalized spacial score (nSPS) is 19.9. The molecule has 3 heterocycles. The molecule has 9 heteroatoms. The molecular formula is C28H38ClFN6O. The van der Waals surface area contributed by atoms with Gasteiger partial charge in [-0.25, -0.2) is 14.4 Å². The molecule has 2 aromatic heterocycles. The molecule has 1 saturated heterocycles. The van der Waals surface area contributed by atoms with Crippen LogP contribution < -0.4 is 5.32 Å². The Morgan fingerprint density at radius 3 is 2.62 bits per heavy atom. The number of rotatable bonds is 7. The first-order chi connectivity index (χ1) is 17.8. The predicted octanol–water partition coefficient (Wildman–Crippen LogP) is 5.41. The summed E-state index contributed by atoms with van der Waals surface area (Å²) in [6.45, 7) is 14.4. The van der Waals surface area contributed by atoms with Crippen LogP contribution >= 0.6 is 11.6 Å². The van der Waals surface area contributed by atoms with Gasteiger partial charge in [-0.2, -0.15) is 0 Å². The fourth-order valence-corrected chi connectivity index (χ4v) is 5.91. The second kappa shape index (κ2) is 11.9. The quantitative estimate of drug-likeness (QED) is 0.296. The van der Waals surface area contributed by atoms with Crippen molar-refractivity contribution in [1.82, 2.24) is 24.7 Å². The fraction of sp³-hybridized carbons (Fsp3) is 0.536. The number of pyridine rings is 1. The molecule has 4 rings (SSSR count). The number of carbonyl (C=O) groups excluding carboxylic acids is 1. The van der Waals surface area contributed by atoms with E-state index in [2.05, 4.69) is 45.5 Å². The first-order valence-corrected chi connectivity index (χ1v) is 13.6. The Balaban J connectivity index is 1.58. The largest absolute Gasteiger partial charge is 0.350 e. The highest BCUT2D eigenvalue weighted by Gasteiger charge is 2.40. The first kappa shape index (κ1) is 27.5. The molecule has 0 spiro atoms. The van der Waals surface area contributed by atoms with Crippen molar-refractivity contribution in [3.05, 3.63) is 53.7 Å². The lowest BCUT2D eigenvalue weighted by Gasteiger charge is -2.50. The van der Waals surface area contributed by atoms with Crippen LogP contribution in [0.25, 0.3) is 11.0 Å². The van der Waals surface area contributed by atoms with E-state index in [1.54, 1.807) is 30.0 Å². The van der Waals surface area contributed by atoms with Gasteiger partial charge in [0.15, 0.2) is 0 Å². The molecular weight excluding hydrogens is 491 g/mol. The van der Waals surface area contributed by atoms with E-state index in [0.29, 0.717) is 40.0 Å². The maximum Gasteiger partial charge on any atom is 0.253 e. The standard InChI is InChI=1S/C28H38ClFN6O/c1-5-22(30)17-32-21(4)36-18-23(25-24(29)9-12-31-26(25)36)27(37)33-19-28(10-7-6-8-11-28)35-15-13-34(14-16-35)20(2)3/h5,9,12,17-18,20H,1,6-8,10-11,13-16,19H2,2-4H3,(H,33,37)/b22-17+,32-21?. The van der Waals surface area contributed by atoms with Crippen LogP contribution in [0.2, 0.25) is 5.02 Å². The minimum absolute atomic E-state index is 0.0260. The summed E-state index contributed by atoms with van der Waals surface area (Å²) in [6.07, 6.45) is 11.2. The summed E-state index contributed by atoms with van der Waals surface area (Å²) in [5.74, 6) is -0.278. The van der Waals surface area contributed by atoms with Gasteiger partial charge in [0, 0.05) is 56.7 Å². The van der Waals surface area contributed by atoms with Crippen LogP contribution in [-0.2, 0) is 0 Å². The maximum atomic E-state index is 13.6. The second-order valence-electron chi connectivity index (χ2n) is 10.4. The Bertz CT molecular complexity index is 1190. The Hall–Kier alpha value is -2.55. The van der Waals surface area contributed by atoms with Crippen LogP contribution in [0, 0.1) is 0 Å². The van der Waals surface area contributed by atoms with Gasteiger partial charge < -0.3 is 5.32 Å². The van der Waals surface area contributed by atoms with E-state index in [0.717, 1.165) is 51.3 Å². The lowest BCUT2D eigenvalue weighted by atomic mass is 9.79. The Labute approximate surface area is 224 Å². The number of allylic oxidation sites excluding steroid dienone is 2. The van der Waals surface area contributed by atoms with Crippen molar-refractivity contribution in [3.8, 4) is 0 Å². The molecule has 7 nitrogen and oxygen atoms in total. The van der Waals surface area contributed by atoms with Crippen LogP contribution in [0.15, 0.2) is 48.1 Å². The first-order valence-electron chi connectivity index (χ1n) is 13.2. The molecule has 0 atom stereocenters. The Morgan fingerprint density at radius 1 is 1.27 bits per heavy atom. The molecule has 2 fully saturated rings. The fourth-order valence-electron chi connectivity index (χ4n) is 5.67. The highest BCUT2D eigenvalue weighted by Crippen LogP contribution is 2.35. The van der Waals surface area contributed by atoms with Crippen molar-refractivity contribution in [2.75, 3.05) is 32.7 Å². The monoisotopic (exact) mass is 528 g/mol. The van der Waals surface area contributed by atoms with Gasteiger partial charge in [-0.1, -0.05) is 37.4 Å². The lowest BCUT2D eigenvalue weighted by Crippen LogP contribution is -2.62. The van der Waals surface area contributed by atoms with Crippen LogP contribution in [0.3, 0.4) is 0 Å². The van der Waals surface area contributed by atoms with Crippen molar-refractivity contribution in [3.63, 3.8) is 0 Å². The predicted molar refractivity (Wildman–Crippen MR) is 149 cm³/mol. The molecule has 0 radical (unpaired) electrons. The SMILES string of the molecule is C=C/C(F)=C\N=C(C)n1cc(C(=O)NCC2(N3CCN(C(C)C)CC3)CCCCC2)c2c(Cl)ccnc21. The summed E-state index contributed by atoms with van der Waals surface area (Å²) >= 11 is 6.54. The van der Waals surface area contributed by atoms with E-state index in [1.165, 1.54) is 19.3 Å². The van der Waals surface area contributed by atoms with Gasteiger partial charge in [0.2, 0.25) is 0 Å². The minimum Gasteiger partial charge on any atom is -0.350 e. The van der Waals surface area contributed by atoms with Crippen LogP contribution in [0.5, 0.6) is 0 Å². The van der Waals surface area contributed by atoms with E-state index >= 15 is 0 Å². The third-order valence-corrected chi connectivity index (χ3v) is 8.19. The van der Waals surface area contributed by atoms with Gasteiger partial charge in [0.1, 0.15) is 17.3 Å². The number of nitrogens with zero attached hydrogens (tertiary/aromatic N) is 5. The highest BCUT2D eigenvalue weighted by atomic mass is 35.5. The number of hydrogen-bond donors (Lipinski definition) is 1. The summed E-state index contributed by atoms with van der Waals surface area (Å²) in [5.41, 5.74) is 0.914. The topological polar surface area (TPSA) is 65.8 Å². The Morgan fingerprint density at radius 2 is 1.97 bits per heavy atom. The lowest BCUT2D eigenvalue weighted by molar-refractivity contribution is 0.000840. The summed E-state index contributed by atoms with van der Waals surface area (Å²) in [4.78, 5) is 27.4. The number of halogens is 2. The van der Waals surface area contributed by atoms with Crippen LogP contribution in [-0.4, -0.2) is 75.4 Å². The van der Waals surface area contributed by atoms with Crippen molar-refractivity contribution < 1.29 is 9.18 Å². The summed E-state index contributed by atoms with van der Waals surface area (Å²) in [5, 5.41) is 4.25. The molecule has 0 bridgehead atoms. The van der Waals surface area contributed by atoms with E-state index < -0.39 is 5.83 Å². The van der Waals surface area contributed by atoms with Gasteiger partial charge in [0.25, 0.3) is 5.91 Å². The zero-order valence-corrected chi connectivity index (χ0v) is 22.9. The molecule has 1 aliphatic carbocycles. The number of hydrogen-bond acceptors (Lipinski definition) is 5. The molecule has 2 aromatic rings. The number of fused-ring (bicyclic) bond motifs is 1. The zero-order chi connectivity index (χ0) is 26.6. The summed E-state index contributed by atoms with van der Waals surface area (Å²) < 4.78 is 15.2.